The van der Waals surface area contributed by atoms with Gasteiger partial charge in [0.25, 0.3) is 5.91 Å². The lowest BCUT2D eigenvalue weighted by Crippen LogP contribution is -2.46. The standard InChI is InChI=1S/C23H23FN4O3/c1-23(14-19(27-31-23)15-6-10-18(30-3)11-7-15)22(29)26-20(21-25-12-13-28(21)2)16-4-8-17(24)9-5-16/h4-13,20H,14H2,1-3H3,(H,26,29)/t20-,23+/m0/s1. The minimum absolute atomic E-state index is 0.307. The van der Waals surface area contributed by atoms with Gasteiger partial charge in [0, 0.05) is 25.9 Å². The van der Waals surface area contributed by atoms with Crippen molar-refractivity contribution in [3.8, 4) is 5.75 Å². The van der Waals surface area contributed by atoms with E-state index in [0.29, 0.717) is 23.5 Å². The number of amides is 1. The van der Waals surface area contributed by atoms with E-state index in [2.05, 4.69) is 15.5 Å². The first-order valence-corrected chi connectivity index (χ1v) is 9.83. The molecule has 7 nitrogen and oxygen atoms in total. The molecule has 3 aromatic rings. The number of nitrogens with one attached hydrogen (secondary N) is 1. The molecule has 2 aromatic carbocycles. The Bertz CT molecular complexity index is 1110. The molecule has 2 atom stereocenters. The van der Waals surface area contributed by atoms with E-state index in [0.717, 1.165) is 11.3 Å². The maximum Gasteiger partial charge on any atom is 0.268 e. The number of nitrogens with zero attached hydrogens (tertiary/aromatic N) is 3. The van der Waals surface area contributed by atoms with Crippen LogP contribution in [0.2, 0.25) is 0 Å². The number of aromatic nitrogens is 2. The normalized spacial score (nSPS) is 18.8. The minimum atomic E-state index is -1.18. The summed E-state index contributed by atoms with van der Waals surface area (Å²) in [5.41, 5.74) is 1.06. The van der Waals surface area contributed by atoms with Crippen LogP contribution in [0.5, 0.6) is 5.75 Å². The molecular weight excluding hydrogens is 399 g/mol. The average Bonchev–Trinajstić information content (AvgIpc) is 3.39. The topological polar surface area (TPSA) is 77.7 Å². The fourth-order valence-electron chi connectivity index (χ4n) is 3.49. The van der Waals surface area contributed by atoms with Crippen LogP contribution in [0.15, 0.2) is 66.1 Å². The number of imidazole rings is 1. The van der Waals surface area contributed by atoms with Gasteiger partial charge < -0.3 is 19.5 Å². The summed E-state index contributed by atoms with van der Waals surface area (Å²) in [6.45, 7) is 1.70. The van der Waals surface area contributed by atoms with Crippen LogP contribution < -0.4 is 10.1 Å². The maximum atomic E-state index is 13.4. The Kier molecular flexibility index (Phi) is 5.46. The number of hydrogen-bond donors (Lipinski definition) is 1. The van der Waals surface area contributed by atoms with Gasteiger partial charge in [0.2, 0.25) is 5.60 Å². The Morgan fingerprint density at radius 3 is 2.55 bits per heavy atom. The van der Waals surface area contributed by atoms with Gasteiger partial charge in [-0.1, -0.05) is 17.3 Å². The van der Waals surface area contributed by atoms with Crippen molar-refractivity contribution >= 4 is 11.6 Å². The van der Waals surface area contributed by atoms with Crippen LogP contribution in [0.25, 0.3) is 0 Å². The van der Waals surface area contributed by atoms with E-state index in [4.69, 9.17) is 9.57 Å². The monoisotopic (exact) mass is 422 g/mol. The highest BCUT2D eigenvalue weighted by atomic mass is 19.1. The summed E-state index contributed by atoms with van der Waals surface area (Å²) in [4.78, 5) is 23.2. The fourth-order valence-corrected chi connectivity index (χ4v) is 3.49. The number of hydrogen-bond acceptors (Lipinski definition) is 5. The molecule has 0 aliphatic carbocycles. The zero-order valence-corrected chi connectivity index (χ0v) is 17.5. The maximum absolute atomic E-state index is 13.4. The number of benzene rings is 2. The molecular formula is C23H23FN4O3. The van der Waals surface area contributed by atoms with Crippen molar-refractivity contribution in [1.82, 2.24) is 14.9 Å². The van der Waals surface area contributed by atoms with E-state index in [9.17, 15) is 9.18 Å². The zero-order valence-electron chi connectivity index (χ0n) is 17.5. The molecule has 2 heterocycles. The van der Waals surface area contributed by atoms with E-state index in [1.807, 2.05) is 35.9 Å². The van der Waals surface area contributed by atoms with E-state index in [1.54, 1.807) is 38.6 Å². The second-order valence-corrected chi connectivity index (χ2v) is 7.62. The van der Waals surface area contributed by atoms with Gasteiger partial charge in [0.15, 0.2) is 0 Å². The number of methoxy groups -OCH3 is 1. The predicted octanol–water partition coefficient (Wildman–Crippen LogP) is 3.36. The van der Waals surface area contributed by atoms with E-state index < -0.39 is 11.6 Å². The molecule has 31 heavy (non-hydrogen) atoms. The molecule has 1 aromatic heterocycles. The van der Waals surface area contributed by atoms with Crippen molar-refractivity contribution in [3.63, 3.8) is 0 Å². The van der Waals surface area contributed by atoms with Gasteiger partial charge in [-0.2, -0.15) is 0 Å². The molecule has 8 heteroatoms. The van der Waals surface area contributed by atoms with Gasteiger partial charge in [-0.15, -0.1) is 0 Å². The molecule has 0 spiro atoms. The molecule has 1 aliphatic heterocycles. The summed E-state index contributed by atoms with van der Waals surface area (Å²) in [5, 5.41) is 7.16. The largest absolute Gasteiger partial charge is 0.497 e. The third-order valence-corrected chi connectivity index (χ3v) is 5.36. The second kappa shape index (κ2) is 8.22. The van der Waals surface area contributed by atoms with Crippen LogP contribution in [0.1, 0.15) is 36.3 Å². The van der Waals surface area contributed by atoms with Crippen molar-refractivity contribution in [3.05, 3.63) is 83.7 Å². The van der Waals surface area contributed by atoms with E-state index >= 15 is 0 Å². The first-order valence-electron chi connectivity index (χ1n) is 9.83. The van der Waals surface area contributed by atoms with Crippen molar-refractivity contribution in [2.24, 2.45) is 12.2 Å². The molecule has 0 saturated heterocycles. The SMILES string of the molecule is COc1ccc(C2=NO[C@@](C)(C(=O)N[C@@H](c3ccc(F)cc3)c3nccn3C)C2)cc1. The highest BCUT2D eigenvalue weighted by Crippen LogP contribution is 2.29. The molecule has 1 N–H and O–H groups in total. The summed E-state index contributed by atoms with van der Waals surface area (Å²) in [6.07, 6.45) is 3.75. The lowest BCUT2D eigenvalue weighted by Gasteiger charge is -2.25. The minimum Gasteiger partial charge on any atom is -0.497 e. The molecule has 1 aliphatic rings. The van der Waals surface area contributed by atoms with Crippen molar-refractivity contribution < 1.29 is 18.8 Å². The summed E-state index contributed by atoms with van der Waals surface area (Å²) in [7, 11) is 3.44. The van der Waals surface area contributed by atoms with Crippen LogP contribution in [0.4, 0.5) is 4.39 Å². The summed E-state index contributed by atoms with van der Waals surface area (Å²) < 4.78 is 20.4. The first kappa shape index (κ1) is 20.6. The Balaban J connectivity index is 1.54. The highest BCUT2D eigenvalue weighted by molar-refractivity contribution is 6.05. The molecule has 0 unspecified atom stereocenters. The molecule has 4 rings (SSSR count). The first-order chi connectivity index (χ1) is 14.9. The number of oxime groups is 1. The third-order valence-electron chi connectivity index (χ3n) is 5.36. The summed E-state index contributed by atoms with van der Waals surface area (Å²) >= 11 is 0. The lowest BCUT2D eigenvalue weighted by molar-refractivity contribution is -0.142. The van der Waals surface area contributed by atoms with Gasteiger partial charge in [0.1, 0.15) is 23.4 Å². The van der Waals surface area contributed by atoms with Crippen LogP contribution in [0.3, 0.4) is 0 Å². The second-order valence-electron chi connectivity index (χ2n) is 7.62. The van der Waals surface area contributed by atoms with Crippen LogP contribution in [-0.2, 0) is 16.7 Å². The Morgan fingerprint density at radius 2 is 1.94 bits per heavy atom. The molecule has 0 fully saturated rings. The Labute approximate surface area is 179 Å². The number of halogens is 1. The van der Waals surface area contributed by atoms with Crippen molar-refractivity contribution in [1.29, 1.82) is 0 Å². The van der Waals surface area contributed by atoms with Gasteiger partial charge >= 0.3 is 0 Å². The van der Waals surface area contributed by atoms with Crippen LogP contribution in [-0.4, -0.2) is 33.9 Å². The van der Waals surface area contributed by atoms with Crippen molar-refractivity contribution in [2.75, 3.05) is 7.11 Å². The smallest absolute Gasteiger partial charge is 0.268 e. The zero-order chi connectivity index (χ0) is 22.0. The Morgan fingerprint density at radius 1 is 1.23 bits per heavy atom. The number of rotatable bonds is 6. The lowest BCUT2D eigenvalue weighted by atomic mass is 9.94. The van der Waals surface area contributed by atoms with Gasteiger partial charge in [0.05, 0.1) is 12.8 Å². The third kappa shape index (κ3) is 4.14. The Hall–Kier alpha value is -3.68. The van der Waals surface area contributed by atoms with E-state index in [1.165, 1.54) is 12.1 Å². The summed E-state index contributed by atoms with van der Waals surface area (Å²) in [6, 6.07) is 12.8. The van der Waals surface area contributed by atoms with Crippen LogP contribution in [0, 0.1) is 5.82 Å². The fraction of sp³-hybridized carbons (Fsp3) is 0.261. The van der Waals surface area contributed by atoms with Gasteiger partial charge in [-0.3, -0.25) is 4.79 Å². The number of aryl methyl sites for hydroxylation is 1. The summed E-state index contributed by atoms with van der Waals surface area (Å²) in [5.74, 6) is 0.674. The van der Waals surface area contributed by atoms with Crippen LogP contribution >= 0.6 is 0 Å². The number of carbonyl (C=O) groups excluding carboxylic acids is 1. The van der Waals surface area contributed by atoms with Gasteiger partial charge in [-0.25, -0.2) is 9.37 Å². The highest BCUT2D eigenvalue weighted by Gasteiger charge is 2.43. The molecule has 0 saturated carbocycles. The van der Waals surface area contributed by atoms with Gasteiger partial charge in [-0.05, 0) is 54.4 Å². The number of ether oxygens (including phenoxy) is 1. The molecule has 1 amide bonds. The average molecular weight is 422 g/mol. The van der Waals surface area contributed by atoms with E-state index in [-0.39, 0.29) is 11.7 Å². The molecule has 0 bridgehead atoms. The number of carbonyl (C=O) groups is 1. The quantitative estimate of drug-likeness (QED) is 0.661. The van der Waals surface area contributed by atoms with Crippen molar-refractivity contribution in [2.45, 2.75) is 25.0 Å². The molecule has 0 radical (unpaired) electrons. The predicted molar refractivity (Wildman–Crippen MR) is 113 cm³/mol. The molecule has 160 valence electrons.